The third-order valence-corrected chi connectivity index (χ3v) is 4.29. The first-order valence-corrected chi connectivity index (χ1v) is 6.98. The molecule has 88 valence electrons. The van der Waals surface area contributed by atoms with Crippen LogP contribution in [0.2, 0.25) is 0 Å². The molecule has 0 aromatic carbocycles. The van der Waals surface area contributed by atoms with E-state index in [1.54, 1.807) is 0 Å². The van der Waals surface area contributed by atoms with Gasteiger partial charge in [-0.05, 0) is 24.7 Å². The Labute approximate surface area is 101 Å². The molecular formula is C12H18N2OS. The predicted molar refractivity (Wildman–Crippen MR) is 66.7 cm³/mol. The molecule has 0 spiro atoms. The molecule has 16 heavy (non-hydrogen) atoms. The maximum absolute atomic E-state index is 12.0. The van der Waals surface area contributed by atoms with Gasteiger partial charge < -0.3 is 0 Å². The third kappa shape index (κ3) is 2.48. The highest BCUT2D eigenvalue weighted by Gasteiger charge is 2.23. The number of carbonyl (C=O) groups excluding carboxylic acids is 1. The Morgan fingerprint density at radius 2 is 2.50 bits per heavy atom. The van der Waals surface area contributed by atoms with Gasteiger partial charge in [0.15, 0.2) is 0 Å². The lowest BCUT2D eigenvalue weighted by atomic mass is 10.00. The second-order valence-corrected chi connectivity index (χ2v) is 5.46. The normalized spacial score (nSPS) is 20.2. The smallest absolute Gasteiger partial charge is 0.142 e. The Morgan fingerprint density at radius 3 is 3.06 bits per heavy atom. The second-order valence-electron chi connectivity index (χ2n) is 4.31. The topological polar surface area (TPSA) is 34.9 Å². The number of rotatable bonds is 4. The molecule has 2 heterocycles. The van der Waals surface area contributed by atoms with E-state index >= 15 is 0 Å². The van der Waals surface area contributed by atoms with Crippen LogP contribution in [0.3, 0.4) is 0 Å². The van der Waals surface area contributed by atoms with Gasteiger partial charge in [0.05, 0.1) is 5.69 Å². The van der Waals surface area contributed by atoms with E-state index in [9.17, 15) is 4.79 Å². The molecule has 0 aliphatic carbocycles. The van der Waals surface area contributed by atoms with E-state index < -0.39 is 0 Å². The van der Waals surface area contributed by atoms with E-state index in [-0.39, 0.29) is 5.92 Å². The predicted octanol–water partition coefficient (Wildman–Crippen LogP) is 1.85. The first kappa shape index (κ1) is 11.7. The summed E-state index contributed by atoms with van der Waals surface area (Å²) in [5.41, 5.74) is 2.13. The minimum atomic E-state index is 0.282. The van der Waals surface area contributed by atoms with Crippen LogP contribution in [-0.4, -0.2) is 27.1 Å². The fourth-order valence-electron chi connectivity index (χ4n) is 2.02. The fourth-order valence-corrected chi connectivity index (χ4v) is 3.28. The van der Waals surface area contributed by atoms with E-state index in [1.807, 2.05) is 23.5 Å². The molecule has 1 unspecified atom stereocenters. The summed E-state index contributed by atoms with van der Waals surface area (Å²) < 4.78 is 1.85. The monoisotopic (exact) mass is 238 g/mol. The summed E-state index contributed by atoms with van der Waals surface area (Å²) in [4.78, 5) is 12.0. The van der Waals surface area contributed by atoms with Crippen molar-refractivity contribution in [3.8, 4) is 0 Å². The Kier molecular flexibility index (Phi) is 3.69. The van der Waals surface area contributed by atoms with Crippen LogP contribution in [0.4, 0.5) is 0 Å². The van der Waals surface area contributed by atoms with Crippen LogP contribution >= 0.6 is 11.8 Å². The second kappa shape index (κ2) is 5.04. The molecule has 0 saturated carbocycles. The SMILES string of the molecule is CCc1cc(CC(=O)C2CCSC2)n(C)n1. The van der Waals surface area contributed by atoms with Crippen molar-refractivity contribution in [2.45, 2.75) is 26.2 Å². The molecule has 1 fully saturated rings. The first-order valence-electron chi connectivity index (χ1n) is 5.83. The van der Waals surface area contributed by atoms with Crippen molar-refractivity contribution < 1.29 is 4.79 Å². The van der Waals surface area contributed by atoms with Crippen molar-refractivity contribution in [1.82, 2.24) is 9.78 Å². The number of aryl methyl sites for hydroxylation is 2. The van der Waals surface area contributed by atoms with Crippen LogP contribution in [0, 0.1) is 5.92 Å². The van der Waals surface area contributed by atoms with Crippen molar-refractivity contribution in [2.24, 2.45) is 13.0 Å². The van der Waals surface area contributed by atoms with Crippen molar-refractivity contribution in [1.29, 1.82) is 0 Å². The van der Waals surface area contributed by atoms with E-state index in [2.05, 4.69) is 18.1 Å². The number of carbonyl (C=O) groups is 1. The Hall–Kier alpha value is -0.770. The van der Waals surface area contributed by atoms with Crippen molar-refractivity contribution >= 4 is 17.5 Å². The Morgan fingerprint density at radius 1 is 1.69 bits per heavy atom. The lowest BCUT2D eigenvalue weighted by molar-refractivity contribution is -0.121. The largest absolute Gasteiger partial charge is 0.299 e. The summed E-state index contributed by atoms with van der Waals surface area (Å²) >= 11 is 1.89. The lowest BCUT2D eigenvalue weighted by Gasteiger charge is -2.06. The number of hydrogen-bond acceptors (Lipinski definition) is 3. The average Bonchev–Trinajstić information content (AvgIpc) is 2.88. The van der Waals surface area contributed by atoms with Gasteiger partial charge in [0.25, 0.3) is 0 Å². The quantitative estimate of drug-likeness (QED) is 0.803. The van der Waals surface area contributed by atoms with Crippen molar-refractivity contribution in [2.75, 3.05) is 11.5 Å². The van der Waals surface area contributed by atoms with Crippen LogP contribution in [0.25, 0.3) is 0 Å². The van der Waals surface area contributed by atoms with Crippen LogP contribution in [0.15, 0.2) is 6.07 Å². The molecule has 3 nitrogen and oxygen atoms in total. The first-order chi connectivity index (χ1) is 7.70. The maximum Gasteiger partial charge on any atom is 0.142 e. The third-order valence-electron chi connectivity index (χ3n) is 3.13. The number of Topliss-reactive ketones (excluding diaryl/α,β-unsaturated/α-hetero) is 1. The summed E-state index contributed by atoms with van der Waals surface area (Å²) in [6.45, 7) is 2.08. The number of thioether (sulfide) groups is 1. The standard InChI is InChI=1S/C12H18N2OS/c1-3-10-6-11(14(2)13-10)7-12(15)9-4-5-16-8-9/h6,9H,3-5,7-8H2,1-2H3. The van der Waals surface area contributed by atoms with E-state index in [4.69, 9.17) is 0 Å². The molecule has 1 aliphatic heterocycles. The van der Waals surface area contributed by atoms with Gasteiger partial charge in [-0.25, -0.2) is 0 Å². The van der Waals surface area contributed by atoms with Crippen LogP contribution in [0.1, 0.15) is 24.7 Å². The van der Waals surface area contributed by atoms with Crippen molar-refractivity contribution in [3.63, 3.8) is 0 Å². The molecule has 2 rings (SSSR count). The van der Waals surface area contributed by atoms with Gasteiger partial charge in [0, 0.05) is 30.8 Å². The Bertz CT molecular complexity index is 380. The van der Waals surface area contributed by atoms with E-state index in [1.165, 1.54) is 0 Å². The summed E-state index contributed by atoms with van der Waals surface area (Å²) in [5, 5.41) is 4.37. The van der Waals surface area contributed by atoms with E-state index in [0.29, 0.717) is 12.2 Å². The summed E-state index contributed by atoms with van der Waals surface area (Å²) in [6.07, 6.45) is 2.54. The highest BCUT2D eigenvalue weighted by Crippen LogP contribution is 2.25. The molecule has 1 aliphatic rings. The molecule has 1 aromatic rings. The minimum Gasteiger partial charge on any atom is -0.299 e. The highest BCUT2D eigenvalue weighted by atomic mass is 32.2. The Balaban J connectivity index is 2.02. The minimum absolute atomic E-state index is 0.282. The van der Waals surface area contributed by atoms with Gasteiger partial charge in [-0.15, -0.1) is 0 Å². The molecule has 1 saturated heterocycles. The summed E-state index contributed by atoms with van der Waals surface area (Å²) in [6, 6.07) is 2.06. The summed E-state index contributed by atoms with van der Waals surface area (Å²) in [5.74, 6) is 2.82. The molecule has 0 radical (unpaired) electrons. The van der Waals surface area contributed by atoms with Crippen molar-refractivity contribution in [3.05, 3.63) is 17.5 Å². The molecule has 4 heteroatoms. The number of nitrogens with zero attached hydrogens (tertiary/aromatic N) is 2. The molecular weight excluding hydrogens is 220 g/mol. The summed E-state index contributed by atoms with van der Waals surface area (Å²) in [7, 11) is 1.92. The molecule has 1 atom stereocenters. The van der Waals surface area contributed by atoms with Gasteiger partial charge >= 0.3 is 0 Å². The van der Waals surface area contributed by atoms with Gasteiger partial charge in [0.1, 0.15) is 5.78 Å². The number of hydrogen-bond donors (Lipinski definition) is 0. The molecule has 0 N–H and O–H groups in total. The van der Waals surface area contributed by atoms with E-state index in [0.717, 1.165) is 35.7 Å². The molecule has 1 aromatic heterocycles. The van der Waals surface area contributed by atoms with Crippen LogP contribution < -0.4 is 0 Å². The zero-order valence-electron chi connectivity index (χ0n) is 9.90. The van der Waals surface area contributed by atoms with Gasteiger partial charge in [-0.2, -0.15) is 16.9 Å². The maximum atomic E-state index is 12.0. The van der Waals surface area contributed by atoms with Crippen LogP contribution in [0.5, 0.6) is 0 Å². The molecule has 0 amide bonds. The average molecular weight is 238 g/mol. The van der Waals surface area contributed by atoms with Gasteiger partial charge in [-0.3, -0.25) is 9.48 Å². The zero-order valence-corrected chi connectivity index (χ0v) is 10.7. The number of ketones is 1. The van der Waals surface area contributed by atoms with Gasteiger partial charge in [-0.1, -0.05) is 6.92 Å². The van der Waals surface area contributed by atoms with Gasteiger partial charge in [0.2, 0.25) is 0 Å². The number of aromatic nitrogens is 2. The zero-order chi connectivity index (χ0) is 11.5. The lowest BCUT2D eigenvalue weighted by Crippen LogP contribution is -2.17. The molecule has 0 bridgehead atoms. The fraction of sp³-hybridized carbons (Fsp3) is 0.667. The van der Waals surface area contributed by atoms with Crippen LogP contribution in [-0.2, 0) is 24.7 Å². The highest BCUT2D eigenvalue weighted by molar-refractivity contribution is 7.99.